The highest BCUT2D eigenvalue weighted by atomic mass is 19.1. The highest BCUT2D eigenvalue weighted by Gasteiger charge is 2.19. The molecule has 1 amide bonds. The number of hydrogen-bond acceptors (Lipinski definition) is 5. The molecule has 0 heterocycles. The second kappa shape index (κ2) is 7.75. The lowest BCUT2D eigenvalue weighted by Crippen LogP contribution is -2.41. The Bertz CT molecular complexity index is 571. The van der Waals surface area contributed by atoms with E-state index < -0.39 is 28.5 Å². The number of carbonyl (C=O) groups is 1. The number of amides is 1. The normalized spacial score (nSPS) is 12.4. The van der Waals surface area contributed by atoms with E-state index in [9.17, 15) is 19.3 Å². The minimum absolute atomic E-state index is 0.0756. The van der Waals surface area contributed by atoms with E-state index in [2.05, 4.69) is 5.32 Å². The summed E-state index contributed by atoms with van der Waals surface area (Å²) in [5, 5.41) is 13.5. The fourth-order valence-corrected chi connectivity index (χ4v) is 1.67. The number of carbonyl (C=O) groups excluding carboxylic acids is 1. The summed E-state index contributed by atoms with van der Waals surface area (Å²) in [7, 11) is 0. The van der Waals surface area contributed by atoms with Gasteiger partial charge in [-0.2, -0.15) is 0 Å². The summed E-state index contributed by atoms with van der Waals surface area (Å²) in [4.78, 5) is 21.7. The van der Waals surface area contributed by atoms with Gasteiger partial charge in [-0.3, -0.25) is 10.1 Å². The van der Waals surface area contributed by atoms with Gasteiger partial charge in [0.25, 0.3) is 0 Å². The number of ether oxygens (including phenoxy) is 2. The zero-order chi connectivity index (χ0) is 17.6. The van der Waals surface area contributed by atoms with Crippen LogP contribution in [0, 0.1) is 15.9 Å². The number of nitro benzene ring substituents is 1. The van der Waals surface area contributed by atoms with Gasteiger partial charge in [0.1, 0.15) is 5.82 Å². The minimum Gasteiger partial charge on any atom is -0.484 e. The van der Waals surface area contributed by atoms with Gasteiger partial charge in [0.15, 0.2) is 5.75 Å². The molecule has 1 aromatic carbocycles. The molecule has 0 saturated carbocycles. The molecule has 23 heavy (non-hydrogen) atoms. The van der Waals surface area contributed by atoms with Crippen molar-refractivity contribution in [1.82, 2.24) is 5.32 Å². The molecule has 1 unspecified atom stereocenters. The van der Waals surface area contributed by atoms with Crippen LogP contribution in [0.3, 0.4) is 0 Å². The Labute approximate surface area is 133 Å². The summed E-state index contributed by atoms with van der Waals surface area (Å²) in [6, 6.07) is 3.00. The lowest BCUT2D eigenvalue weighted by Gasteiger charge is -2.20. The van der Waals surface area contributed by atoms with E-state index in [-0.39, 0.29) is 18.0 Å². The van der Waals surface area contributed by atoms with Crippen molar-refractivity contribution in [2.45, 2.75) is 45.8 Å². The van der Waals surface area contributed by atoms with Crippen LogP contribution in [0.2, 0.25) is 0 Å². The topological polar surface area (TPSA) is 90.7 Å². The van der Waals surface area contributed by atoms with Crippen LogP contribution in [0.4, 0.5) is 14.9 Å². The molecule has 0 saturated heterocycles. The number of benzene rings is 1. The molecule has 1 aromatic rings. The van der Waals surface area contributed by atoms with Crippen molar-refractivity contribution >= 4 is 11.8 Å². The lowest BCUT2D eigenvalue weighted by atomic mass is 10.1. The van der Waals surface area contributed by atoms with Gasteiger partial charge in [-0.1, -0.05) is 0 Å². The molecule has 128 valence electrons. The summed E-state index contributed by atoms with van der Waals surface area (Å²) in [6.45, 7) is 7.20. The molecule has 7 nitrogen and oxygen atoms in total. The summed E-state index contributed by atoms with van der Waals surface area (Å²) in [6.07, 6.45) is -0.732. The molecule has 1 atom stereocenters. The zero-order valence-corrected chi connectivity index (χ0v) is 13.6. The molecule has 0 aliphatic heterocycles. The van der Waals surface area contributed by atoms with E-state index in [1.165, 1.54) is 0 Å². The Hall–Kier alpha value is -2.38. The Morgan fingerprint density at radius 3 is 2.65 bits per heavy atom. The van der Waals surface area contributed by atoms with Gasteiger partial charge in [0, 0.05) is 24.1 Å². The predicted molar refractivity (Wildman–Crippen MR) is 82.0 cm³/mol. The maximum absolute atomic E-state index is 13.2. The minimum atomic E-state index is -0.644. The number of nitrogens with one attached hydrogen (secondary N) is 1. The molecule has 0 aliphatic rings. The van der Waals surface area contributed by atoms with E-state index >= 15 is 0 Å². The van der Waals surface area contributed by atoms with Crippen molar-refractivity contribution < 1.29 is 23.6 Å². The van der Waals surface area contributed by atoms with E-state index in [0.29, 0.717) is 6.42 Å². The monoisotopic (exact) mass is 328 g/mol. The summed E-state index contributed by atoms with van der Waals surface area (Å²) in [5.74, 6) is -0.778. The first-order valence-electron chi connectivity index (χ1n) is 7.14. The van der Waals surface area contributed by atoms with Crippen LogP contribution in [0.15, 0.2) is 18.2 Å². The van der Waals surface area contributed by atoms with E-state index in [1.54, 1.807) is 6.92 Å². The number of halogens is 1. The summed E-state index contributed by atoms with van der Waals surface area (Å²) in [5.41, 5.74) is -0.717. The van der Waals surface area contributed by atoms with Gasteiger partial charge in [-0.15, -0.1) is 0 Å². The fourth-order valence-electron chi connectivity index (χ4n) is 1.67. The predicted octanol–water partition coefficient (Wildman–Crippen LogP) is 3.42. The van der Waals surface area contributed by atoms with Gasteiger partial charge in [0.2, 0.25) is 0 Å². The highest BCUT2D eigenvalue weighted by Crippen LogP contribution is 2.28. The molecule has 0 radical (unpaired) electrons. The van der Waals surface area contributed by atoms with Gasteiger partial charge >= 0.3 is 11.8 Å². The molecule has 0 bridgehead atoms. The number of nitrogens with zero attached hydrogens (tertiary/aromatic N) is 1. The van der Waals surface area contributed by atoms with Gasteiger partial charge in [-0.25, -0.2) is 9.18 Å². The molecule has 0 spiro atoms. The first kappa shape index (κ1) is 18.7. The smallest absolute Gasteiger partial charge is 0.407 e. The average Bonchev–Trinajstić information content (AvgIpc) is 2.35. The van der Waals surface area contributed by atoms with Crippen LogP contribution >= 0.6 is 0 Å². The third-order valence-corrected chi connectivity index (χ3v) is 2.68. The van der Waals surface area contributed by atoms with Gasteiger partial charge in [0.05, 0.1) is 17.6 Å². The van der Waals surface area contributed by atoms with Crippen molar-refractivity contribution in [1.29, 1.82) is 0 Å². The quantitative estimate of drug-likeness (QED) is 0.638. The van der Waals surface area contributed by atoms with E-state index in [4.69, 9.17) is 9.47 Å². The standard InChI is InChI=1S/C15H21FN2O5/c1-10(7-8-22-14(19)17-15(2,3)4)23-13-9-11(16)5-6-12(13)18(20)21/h5-6,9-10H,7-8H2,1-4H3,(H,17,19). The number of rotatable bonds is 6. The maximum atomic E-state index is 13.2. The molecule has 0 aliphatic carbocycles. The van der Waals surface area contributed by atoms with Crippen molar-refractivity contribution in [2.24, 2.45) is 0 Å². The van der Waals surface area contributed by atoms with Crippen LogP contribution < -0.4 is 10.1 Å². The molecule has 0 fully saturated rings. The first-order chi connectivity index (χ1) is 10.6. The third kappa shape index (κ3) is 6.94. The van der Waals surface area contributed by atoms with Crippen molar-refractivity contribution in [3.8, 4) is 5.75 Å². The SMILES string of the molecule is CC(CCOC(=O)NC(C)(C)C)Oc1cc(F)ccc1[N+](=O)[O-]. The number of hydrogen-bond donors (Lipinski definition) is 1. The van der Waals surface area contributed by atoms with Crippen LogP contribution in [0.25, 0.3) is 0 Å². The molecule has 1 N–H and O–H groups in total. The molecule has 0 aromatic heterocycles. The van der Waals surface area contributed by atoms with Crippen molar-refractivity contribution in [3.05, 3.63) is 34.1 Å². The highest BCUT2D eigenvalue weighted by molar-refractivity contribution is 5.68. The lowest BCUT2D eigenvalue weighted by molar-refractivity contribution is -0.386. The van der Waals surface area contributed by atoms with Gasteiger partial charge in [-0.05, 0) is 33.8 Å². The largest absolute Gasteiger partial charge is 0.484 e. The molecule has 1 rings (SSSR count). The molecule has 8 heteroatoms. The summed E-state index contributed by atoms with van der Waals surface area (Å²) >= 11 is 0. The third-order valence-electron chi connectivity index (χ3n) is 2.68. The Morgan fingerprint density at radius 2 is 2.09 bits per heavy atom. The second-order valence-corrected chi connectivity index (χ2v) is 6.10. The fraction of sp³-hybridized carbons (Fsp3) is 0.533. The van der Waals surface area contributed by atoms with Gasteiger partial charge < -0.3 is 14.8 Å². The van der Waals surface area contributed by atoms with E-state index in [1.807, 2.05) is 20.8 Å². The molecular formula is C15H21FN2O5. The maximum Gasteiger partial charge on any atom is 0.407 e. The Morgan fingerprint density at radius 1 is 1.43 bits per heavy atom. The Balaban J connectivity index is 2.51. The average molecular weight is 328 g/mol. The van der Waals surface area contributed by atoms with Crippen LogP contribution in [0.5, 0.6) is 5.75 Å². The first-order valence-corrected chi connectivity index (χ1v) is 7.14. The Kier molecular flexibility index (Phi) is 6.29. The number of alkyl carbamates (subject to hydrolysis) is 1. The summed E-state index contributed by atoms with van der Waals surface area (Å²) < 4.78 is 23.6. The van der Waals surface area contributed by atoms with Crippen molar-refractivity contribution in [3.63, 3.8) is 0 Å². The zero-order valence-electron chi connectivity index (χ0n) is 13.6. The van der Waals surface area contributed by atoms with Crippen molar-refractivity contribution in [2.75, 3.05) is 6.61 Å². The number of nitro groups is 1. The van der Waals surface area contributed by atoms with E-state index in [0.717, 1.165) is 18.2 Å². The van der Waals surface area contributed by atoms with Crippen LogP contribution in [-0.2, 0) is 4.74 Å². The van der Waals surface area contributed by atoms with Crippen LogP contribution in [0.1, 0.15) is 34.1 Å². The second-order valence-electron chi connectivity index (χ2n) is 6.10. The molecular weight excluding hydrogens is 307 g/mol. The van der Waals surface area contributed by atoms with Crippen LogP contribution in [-0.4, -0.2) is 29.3 Å².